The molecule has 1 aromatic carbocycles. The van der Waals surface area contributed by atoms with Crippen LogP contribution in [0, 0.1) is 0 Å². The van der Waals surface area contributed by atoms with Gasteiger partial charge in [-0.05, 0) is 18.4 Å². The van der Waals surface area contributed by atoms with Crippen molar-refractivity contribution in [3.05, 3.63) is 42.2 Å². The Bertz CT molecular complexity index is 715. The highest BCUT2D eigenvalue weighted by Gasteiger charge is 2.27. The van der Waals surface area contributed by atoms with E-state index < -0.39 is 0 Å². The molecule has 1 saturated heterocycles. The normalized spacial score (nSPS) is 17.6. The summed E-state index contributed by atoms with van der Waals surface area (Å²) in [6, 6.07) is 10.2. The number of piperidine rings is 1. The molecule has 1 aliphatic heterocycles. The molecule has 1 atom stereocenters. The summed E-state index contributed by atoms with van der Waals surface area (Å²) in [5, 5.41) is 0. The van der Waals surface area contributed by atoms with Gasteiger partial charge in [0, 0.05) is 51.8 Å². The van der Waals surface area contributed by atoms with E-state index in [2.05, 4.69) is 17.1 Å². The molecule has 1 amide bonds. The Morgan fingerprint density at radius 1 is 1.25 bits per heavy atom. The van der Waals surface area contributed by atoms with Crippen molar-refractivity contribution in [2.75, 3.05) is 32.1 Å². The van der Waals surface area contributed by atoms with Crippen molar-refractivity contribution in [1.29, 1.82) is 0 Å². The highest BCUT2D eigenvalue weighted by molar-refractivity contribution is 5.73. The number of hydrogen-bond donors (Lipinski definition) is 0. The Hall–Kier alpha value is -2.43. The number of anilines is 1. The monoisotopic (exact) mass is 324 g/mol. The minimum atomic E-state index is 0.142. The quantitative estimate of drug-likeness (QED) is 0.871. The Labute approximate surface area is 143 Å². The third-order valence-corrected chi connectivity index (χ3v) is 4.54. The van der Waals surface area contributed by atoms with E-state index in [0.717, 1.165) is 42.8 Å². The summed E-state index contributed by atoms with van der Waals surface area (Å²) in [5.74, 6) is 1.10. The van der Waals surface area contributed by atoms with Crippen LogP contribution < -0.4 is 4.90 Å². The third kappa shape index (κ3) is 3.40. The fourth-order valence-electron chi connectivity index (χ4n) is 3.24. The van der Waals surface area contributed by atoms with Crippen LogP contribution >= 0.6 is 0 Å². The van der Waals surface area contributed by atoms with Crippen molar-refractivity contribution in [3.8, 4) is 11.1 Å². The number of likely N-dealkylation sites (tertiary alicyclic amines) is 1. The predicted molar refractivity (Wildman–Crippen MR) is 96.0 cm³/mol. The molecular weight excluding hydrogens is 300 g/mol. The molecule has 3 rings (SSSR count). The second-order valence-electron chi connectivity index (χ2n) is 6.53. The second kappa shape index (κ2) is 6.99. The molecule has 0 spiro atoms. The number of carbonyl (C=O) groups excluding carboxylic acids is 1. The largest absolute Gasteiger partial charge is 0.347 e. The SMILES string of the molecule is CC(=O)N1CCCC(c2nc(N(C)C)ncc2-c2ccccc2)C1. The molecule has 0 aliphatic carbocycles. The van der Waals surface area contributed by atoms with Gasteiger partial charge in [0.2, 0.25) is 11.9 Å². The van der Waals surface area contributed by atoms with Crippen LogP contribution in [0.5, 0.6) is 0 Å². The first kappa shape index (κ1) is 16.4. The van der Waals surface area contributed by atoms with Crippen molar-refractivity contribution in [1.82, 2.24) is 14.9 Å². The van der Waals surface area contributed by atoms with Crippen LogP contribution in [-0.2, 0) is 4.79 Å². The summed E-state index contributed by atoms with van der Waals surface area (Å²) in [6.45, 7) is 3.23. The Morgan fingerprint density at radius 2 is 2.00 bits per heavy atom. The van der Waals surface area contributed by atoms with E-state index in [1.54, 1.807) is 6.92 Å². The maximum atomic E-state index is 11.8. The van der Waals surface area contributed by atoms with E-state index >= 15 is 0 Å². The van der Waals surface area contributed by atoms with E-state index in [1.807, 2.05) is 48.3 Å². The van der Waals surface area contributed by atoms with E-state index in [0.29, 0.717) is 5.95 Å². The van der Waals surface area contributed by atoms with Crippen molar-refractivity contribution < 1.29 is 4.79 Å². The van der Waals surface area contributed by atoms with Crippen LogP contribution in [0.4, 0.5) is 5.95 Å². The first-order chi connectivity index (χ1) is 11.6. The van der Waals surface area contributed by atoms with Crippen LogP contribution in [0.3, 0.4) is 0 Å². The molecule has 126 valence electrons. The van der Waals surface area contributed by atoms with Gasteiger partial charge in [-0.25, -0.2) is 9.97 Å². The summed E-state index contributed by atoms with van der Waals surface area (Å²) in [6.07, 6.45) is 3.98. The van der Waals surface area contributed by atoms with E-state index in [9.17, 15) is 4.79 Å². The van der Waals surface area contributed by atoms with Gasteiger partial charge in [-0.1, -0.05) is 30.3 Å². The van der Waals surface area contributed by atoms with Gasteiger partial charge in [-0.2, -0.15) is 0 Å². The molecule has 0 N–H and O–H groups in total. The average molecular weight is 324 g/mol. The fraction of sp³-hybridized carbons (Fsp3) is 0.421. The van der Waals surface area contributed by atoms with Gasteiger partial charge in [0.1, 0.15) is 0 Å². The number of carbonyl (C=O) groups is 1. The smallest absolute Gasteiger partial charge is 0.225 e. The lowest BCUT2D eigenvalue weighted by Crippen LogP contribution is -2.38. The molecule has 0 bridgehead atoms. The highest BCUT2D eigenvalue weighted by atomic mass is 16.2. The van der Waals surface area contributed by atoms with Gasteiger partial charge in [0.05, 0.1) is 5.69 Å². The summed E-state index contributed by atoms with van der Waals surface area (Å²) in [7, 11) is 3.90. The molecule has 1 fully saturated rings. The van der Waals surface area contributed by atoms with Gasteiger partial charge in [-0.15, -0.1) is 0 Å². The van der Waals surface area contributed by atoms with Crippen molar-refractivity contribution in [3.63, 3.8) is 0 Å². The van der Waals surface area contributed by atoms with E-state index in [1.165, 1.54) is 0 Å². The molecule has 1 unspecified atom stereocenters. The predicted octanol–water partition coefficient (Wildman–Crippen LogP) is 2.94. The van der Waals surface area contributed by atoms with E-state index in [-0.39, 0.29) is 11.8 Å². The molecule has 2 heterocycles. The Balaban J connectivity index is 2.03. The Kier molecular flexibility index (Phi) is 4.79. The lowest BCUT2D eigenvalue weighted by Gasteiger charge is -2.32. The highest BCUT2D eigenvalue weighted by Crippen LogP contribution is 2.33. The minimum Gasteiger partial charge on any atom is -0.347 e. The zero-order chi connectivity index (χ0) is 17.1. The van der Waals surface area contributed by atoms with Crippen molar-refractivity contribution in [2.24, 2.45) is 0 Å². The molecule has 0 saturated carbocycles. The molecule has 1 aliphatic rings. The molecule has 1 aromatic heterocycles. The molecule has 5 nitrogen and oxygen atoms in total. The van der Waals surface area contributed by atoms with Gasteiger partial charge in [0.15, 0.2) is 0 Å². The summed E-state index contributed by atoms with van der Waals surface area (Å²) in [4.78, 5) is 25.0. The summed E-state index contributed by atoms with van der Waals surface area (Å²) < 4.78 is 0. The number of nitrogens with zero attached hydrogens (tertiary/aromatic N) is 4. The lowest BCUT2D eigenvalue weighted by molar-refractivity contribution is -0.130. The second-order valence-corrected chi connectivity index (χ2v) is 6.53. The number of hydrogen-bond acceptors (Lipinski definition) is 4. The zero-order valence-corrected chi connectivity index (χ0v) is 14.6. The van der Waals surface area contributed by atoms with Crippen molar-refractivity contribution in [2.45, 2.75) is 25.7 Å². The molecular formula is C19H24N4O. The van der Waals surface area contributed by atoms with Crippen LogP contribution in [0.2, 0.25) is 0 Å². The summed E-state index contributed by atoms with van der Waals surface area (Å²) >= 11 is 0. The van der Waals surface area contributed by atoms with Crippen LogP contribution in [0.15, 0.2) is 36.5 Å². The number of benzene rings is 1. The molecule has 0 radical (unpaired) electrons. The van der Waals surface area contributed by atoms with Crippen LogP contribution in [-0.4, -0.2) is 48.0 Å². The zero-order valence-electron chi connectivity index (χ0n) is 14.6. The lowest BCUT2D eigenvalue weighted by atomic mass is 9.90. The number of aromatic nitrogens is 2. The minimum absolute atomic E-state index is 0.142. The van der Waals surface area contributed by atoms with Gasteiger partial charge < -0.3 is 9.80 Å². The van der Waals surface area contributed by atoms with Crippen LogP contribution in [0.1, 0.15) is 31.4 Å². The standard InChI is InChI=1S/C19H24N4O/c1-14(24)23-11-7-10-16(13-23)18-17(15-8-5-4-6-9-15)12-20-19(21-18)22(2)3/h4-6,8-9,12,16H,7,10-11,13H2,1-3H3. The average Bonchev–Trinajstić information content (AvgIpc) is 2.62. The maximum Gasteiger partial charge on any atom is 0.225 e. The van der Waals surface area contributed by atoms with Gasteiger partial charge >= 0.3 is 0 Å². The topological polar surface area (TPSA) is 49.3 Å². The first-order valence-electron chi connectivity index (χ1n) is 8.41. The third-order valence-electron chi connectivity index (χ3n) is 4.54. The van der Waals surface area contributed by atoms with E-state index in [4.69, 9.17) is 4.98 Å². The molecule has 24 heavy (non-hydrogen) atoms. The number of amides is 1. The first-order valence-corrected chi connectivity index (χ1v) is 8.41. The van der Waals surface area contributed by atoms with Crippen LogP contribution in [0.25, 0.3) is 11.1 Å². The number of rotatable bonds is 3. The maximum absolute atomic E-state index is 11.8. The molecule has 5 heteroatoms. The fourth-order valence-corrected chi connectivity index (χ4v) is 3.24. The van der Waals surface area contributed by atoms with Crippen molar-refractivity contribution >= 4 is 11.9 Å². The Morgan fingerprint density at radius 3 is 2.67 bits per heavy atom. The van der Waals surface area contributed by atoms with Gasteiger partial charge in [0.25, 0.3) is 0 Å². The summed E-state index contributed by atoms with van der Waals surface area (Å²) in [5.41, 5.74) is 3.24. The van der Waals surface area contributed by atoms with Gasteiger partial charge in [-0.3, -0.25) is 4.79 Å². The molecule has 2 aromatic rings.